The molecule has 0 heterocycles. The highest BCUT2D eigenvalue weighted by molar-refractivity contribution is 6.56. The van der Waals surface area contributed by atoms with Crippen LogP contribution in [0.25, 0.3) is 5.57 Å². The first-order chi connectivity index (χ1) is 7.45. The molecule has 6 heteroatoms. The summed E-state index contributed by atoms with van der Waals surface area (Å²) in [6, 6.07) is 2.52. The molecule has 0 aliphatic heterocycles. The number of ketones is 1. The first kappa shape index (κ1) is 11.0. The number of hydrogen-bond donors (Lipinski definition) is 2. The Labute approximate surface area is 99.7 Å². The number of hydrogen-bond acceptors (Lipinski definition) is 3. The van der Waals surface area contributed by atoms with Crippen molar-refractivity contribution in [2.75, 3.05) is 0 Å². The molecule has 1 aliphatic carbocycles. The van der Waals surface area contributed by atoms with Gasteiger partial charge in [0.1, 0.15) is 10.8 Å². The number of carbonyl (C=O) groups is 2. The second-order valence-electron chi connectivity index (χ2n) is 3.14. The van der Waals surface area contributed by atoms with Crippen molar-refractivity contribution >= 4 is 40.5 Å². The second-order valence-corrected chi connectivity index (χ2v) is 3.92. The van der Waals surface area contributed by atoms with E-state index in [4.69, 9.17) is 28.3 Å². The van der Waals surface area contributed by atoms with Crippen LogP contribution in [-0.2, 0) is 4.79 Å². The maximum atomic E-state index is 11.6. The van der Waals surface area contributed by atoms with E-state index in [2.05, 4.69) is 0 Å². The van der Waals surface area contributed by atoms with Gasteiger partial charge in [-0.15, -0.1) is 0 Å². The molecule has 4 nitrogen and oxygen atoms in total. The number of benzene rings is 1. The molecule has 0 atom stereocenters. The molecule has 1 aromatic carbocycles. The number of aliphatic carboxylic acids is 1. The molecule has 0 bridgehead atoms. The summed E-state index contributed by atoms with van der Waals surface area (Å²) in [5.74, 6) is -2.42. The molecular weight excluding hydrogens is 255 g/mol. The highest BCUT2D eigenvalue weighted by Crippen LogP contribution is 2.43. The van der Waals surface area contributed by atoms with E-state index in [0.717, 1.165) is 0 Å². The summed E-state index contributed by atoms with van der Waals surface area (Å²) in [5.41, 5.74) is -0.554. The van der Waals surface area contributed by atoms with Gasteiger partial charge in [-0.25, -0.2) is 4.79 Å². The van der Waals surface area contributed by atoms with Gasteiger partial charge in [0.2, 0.25) is 5.78 Å². The van der Waals surface area contributed by atoms with E-state index in [-0.39, 0.29) is 27.5 Å². The Kier molecular flexibility index (Phi) is 2.40. The van der Waals surface area contributed by atoms with Crippen LogP contribution in [0.2, 0.25) is 5.02 Å². The Morgan fingerprint density at radius 2 is 1.81 bits per heavy atom. The SMILES string of the molecule is O=C(O)C1=C(Cl)C(=O)c2c(O)ccc(Cl)c21. The van der Waals surface area contributed by atoms with Crippen LogP contribution in [0, 0.1) is 0 Å². The summed E-state index contributed by atoms with van der Waals surface area (Å²) in [4.78, 5) is 22.6. The molecule has 0 aromatic heterocycles. The number of carboxylic acids is 1. The minimum Gasteiger partial charge on any atom is -0.507 e. The van der Waals surface area contributed by atoms with Gasteiger partial charge in [-0.3, -0.25) is 4.79 Å². The number of fused-ring (bicyclic) bond motifs is 1. The molecule has 0 fully saturated rings. The third-order valence-corrected chi connectivity index (χ3v) is 2.92. The fraction of sp³-hybridized carbons (Fsp3) is 0. The minimum atomic E-state index is -1.36. The van der Waals surface area contributed by atoms with Gasteiger partial charge < -0.3 is 10.2 Å². The average Bonchev–Trinajstić information content (AvgIpc) is 2.47. The highest BCUT2D eigenvalue weighted by Gasteiger charge is 2.36. The van der Waals surface area contributed by atoms with Crippen LogP contribution < -0.4 is 0 Å². The smallest absolute Gasteiger partial charge is 0.338 e. The fourth-order valence-electron chi connectivity index (χ4n) is 1.57. The molecule has 16 heavy (non-hydrogen) atoms. The van der Waals surface area contributed by atoms with Crippen LogP contribution >= 0.6 is 23.2 Å². The zero-order chi connectivity index (χ0) is 12.0. The minimum absolute atomic E-state index is 0.0239. The van der Waals surface area contributed by atoms with E-state index in [1.165, 1.54) is 12.1 Å². The summed E-state index contributed by atoms with van der Waals surface area (Å²) < 4.78 is 0. The molecule has 0 unspecified atom stereocenters. The predicted molar refractivity (Wildman–Crippen MR) is 57.9 cm³/mol. The molecule has 0 saturated heterocycles. The topological polar surface area (TPSA) is 74.6 Å². The highest BCUT2D eigenvalue weighted by atomic mass is 35.5. The van der Waals surface area contributed by atoms with E-state index in [9.17, 15) is 14.7 Å². The maximum absolute atomic E-state index is 11.6. The average molecular weight is 259 g/mol. The van der Waals surface area contributed by atoms with Crippen molar-refractivity contribution in [2.45, 2.75) is 0 Å². The maximum Gasteiger partial charge on any atom is 0.338 e. The van der Waals surface area contributed by atoms with E-state index in [0.29, 0.717) is 0 Å². The second kappa shape index (κ2) is 3.50. The predicted octanol–water partition coefficient (Wildman–Crippen LogP) is 2.28. The largest absolute Gasteiger partial charge is 0.507 e. The van der Waals surface area contributed by atoms with Crippen LogP contribution in [0.5, 0.6) is 5.75 Å². The molecule has 2 N–H and O–H groups in total. The molecule has 0 radical (unpaired) electrons. The van der Waals surface area contributed by atoms with Gasteiger partial charge >= 0.3 is 5.97 Å². The first-order valence-corrected chi connectivity index (χ1v) is 4.90. The number of Topliss-reactive ketones (excluding diaryl/α,β-unsaturated/α-hetero) is 1. The third kappa shape index (κ3) is 1.31. The number of phenolic OH excluding ortho intramolecular Hbond substituents is 1. The number of aromatic hydroxyl groups is 1. The lowest BCUT2D eigenvalue weighted by Crippen LogP contribution is -1.99. The van der Waals surface area contributed by atoms with Crippen molar-refractivity contribution in [2.24, 2.45) is 0 Å². The molecule has 1 aliphatic rings. The Balaban J connectivity index is 2.86. The molecule has 1 aromatic rings. The number of carbonyl (C=O) groups excluding carboxylic acids is 1. The van der Waals surface area contributed by atoms with Crippen LogP contribution in [-0.4, -0.2) is 22.0 Å². The number of allylic oxidation sites excluding steroid dienone is 1. The van der Waals surface area contributed by atoms with Gasteiger partial charge in [0.05, 0.1) is 11.1 Å². The van der Waals surface area contributed by atoms with Crippen LogP contribution in [0.4, 0.5) is 0 Å². The van der Waals surface area contributed by atoms with Gasteiger partial charge in [-0.2, -0.15) is 0 Å². The normalized spacial score (nSPS) is 14.2. The van der Waals surface area contributed by atoms with E-state index < -0.39 is 16.8 Å². The Morgan fingerprint density at radius 1 is 1.19 bits per heavy atom. The molecule has 0 amide bonds. The zero-order valence-corrected chi connectivity index (χ0v) is 9.13. The van der Waals surface area contributed by atoms with Crippen molar-refractivity contribution in [1.29, 1.82) is 0 Å². The first-order valence-electron chi connectivity index (χ1n) is 4.14. The van der Waals surface area contributed by atoms with Crippen molar-refractivity contribution in [1.82, 2.24) is 0 Å². The summed E-state index contributed by atoms with van der Waals surface area (Å²) in [5, 5.41) is 18.0. The lowest BCUT2D eigenvalue weighted by atomic mass is 10.0. The number of rotatable bonds is 1. The molecule has 0 saturated carbocycles. The molecule has 2 rings (SSSR count). The number of halogens is 2. The fourth-order valence-corrected chi connectivity index (χ4v) is 2.10. The van der Waals surface area contributed by atoms with E-state index in [1.807, 2.05) is 0 Å². The van der Waals surface area contributed by atoms with Crippen molar-refractivity contribution in [3.63, 3.8) is 0 Å². The third-order valence-electron chi connectivity index (χ3n) is 2.24. The summed E-state index contributed by atoms with van der Waals surface area (Å²) in [6.07, 6.45) is 0. The summed E-state index contributed by atoms with van der Waals surface area (Å²) >= 11 is 11.4. The lowest BCUT2D eigenvalue weighted by molar-refractivity contribution is -0.130. The summed E-state index contributed by atoms with van der Waals surface area (Å²) in [6.45, 7) is 0. The Hall–Kier alpha value is -1.52. The van der Waals surface area contributed by atoms with Gasteiger partial charge in [0.15, 0.2) is 0 Å². The number of phenols is 1. The van der Waals surface area contributed by atoms with Crippen molar-refractivity contribution in [3.8, 4) is 5.75 Å². The van der Waals surface area contributed by atoms with Crippen LogP contribution in [0.15, 0.2) is 17.2 Å². The van der Waals surface area contributed by atoms with E-state index >= 15 is 0 Å². The van der Waals surface area contributed by atoms with E-state index in [1.54, 1.807) is 0 Å². The van der Waals surface area contributed by atoms with Crippen LogP contribution in [0.3, 0.4) is 0 Å². The lowest BCUT2D eigenvalue weighted by Gasteiger charge is -2.04. The summed E-state index contributed by atoms with van der Waals surface area (Å²) in [7, 11) is 0. The zero-order valence-electron chi connectivity index (χ0n) is 7.62. The van der Waals surface area contributed by atoms with Gasteiger partial charge in [0.25, 0.3) is 0 Å². The standard InChI is InChI=1S/C10H4Cl2O4/c11-3-1-2-4(13)6-5(3)7(10(15)16)8(12)9(6)14/h1-2,13H,(H,15,16). The molecule has 82 valence electrons. The van der Waals surface area contributed by atoms with Crippen LogP contribution in [0.1, 0.15) is 15.9 Å². The monoisotopic (exact) mass is 258 g/mol. The molecule has 0 spiro atoms. The van der Waals surface area contributed by atoms with Gasteiger partial charge in [-0.05, 0) is 12.1 Å². The molecular formula is C10H4Cl2O4. The quantitative estimate of drug-likeness (QED) is 0.811. The van der Waals surface area contributed by atoms with Gasteiger partial charge in [0, 0.05) is 10.6 Å². The van der Waals surface area contributed by atoms with Crippen molar-refractivity contribution in [3.05, 3.63) is 33.3 Å². The Morgan fingerprint density at radius 3 is 2.38 bits per heavy atom. The Bertz CT molecular complexity index is 560. The van der Waals surface area contributed by atoms with Gasteiger partial charge in [-0.1, -0.05) is 23.2 Å². The number of carboxylic acid groups (broad SMARTS) is 1. The van der Waals surface area contributed by atoms with Crippen molar-refractivity contribution < 1.29 is 19.8 Å².